The second-order valence-corrected chi connectivity index (χ2v) is 6.09. The Morgan fingerprint density at radius 3 is 2.56 bits per heavy atom. The van der Waals surface area contributed by atoms with E-state index in [1.165, 1.54) is 0 Å². The number of benzene rings is 1. The van der Waals surface area contributed by atoms with Crippen LogP contribution in [-0.4, -0.2) is 28.8 Å². The molecule has 0 saturated heterocycles. The molecule has 25 heavy (non-hydrogen) atoms. The molecule has 6 nitrogen and oxygen atoms in total. The molecule has 0 spiro atoms. The van der Waals surface area contributed by atoms with E-state index in [-0.39, 0.29) is 18.2 Å². The van der Waals surface area contributed by atoms with E-state index >= 15 is 0 Å². The maximum Gasteiger partial charge on any atom is 0.277 e. The number of hydrogen-bond acceptors (Lipinski definition) is 4. The summed E-state index contributed by atoms with van der Waals surface area (Å²) in [6.45, 7) is 5.94. The normalized spacial score (nSPS) is 11.8. The molecule has 0 aliphatic rings. The highest BCUT2D eigenvalue weighted by Crippen LogP contribution is 2.16. The summed E-state index contributed by atoms with van der Waals surface area (Å²) in [7, 11) is 0. The van der Waals surface area contributed by atoms with E-state index in [1.54, 1.807) is 24.3 Å². The number of aromatic amines is 1. The van der Waals surface area contributed by atoms with Crippen molar-refractivity contribution >= 4 is 17.5 Å². The van der Waals surface area contributed by atoms with Crippen molar-refractivity contribution in [3.63, 3.8) is 0 Å². The van der Waals surface area contributed by atoms with Crippen LogP contribution in [0.1, 0.15) is 42.4 Å². The molecule has 1 atom stereocenters. The summed E-state index contributed by atoms with van der Waals surface area (Å²) < 4.78 is 5.72. The van der Waals surface area contributed by atoms with Crippen LogP contribution in [0.15, 0.2) is 29.1 Å². The van der Waals surface area contributed by atoms with Gasteiger partial charge in [-0.2, -0.15) is 5.10 Å². The Morgan fingerprint density at radius 1 is 1.28 bits per heavy atom. The molecule has 1 aromatic heterocycles. The van der Waals surface area contributed by atoms with Crippen molar-refractivity contribution in [3.8, 4) is 5.75 Å². The highest BCUT2D eigenvalue weighted by molar-refractivity contribution is 6.30. The Hall–Kier alpha value is -2.34. The first-order valence-electron chi connectivity index (χ1n) is 8.27. The largest absolute Gasteiger partial charge is 0.489 e. The summed E-state index contributed by atoms with van der Waals surface area (Å²) in [5.74, 6) is 0.247. The van der Waals surface area contributed by atoms with Crippen molar-refractivity contribution in [1.82, 2.24) is 15.5 Å². The van der Waals surface area contributed by atoms with Gasteiger partial charge < -0.3 is 10.1 Å². The lowest BCUT2D eigenvalue weighted by Crippen LogP contribution is -2.37. The van der Waals surface area contributed by atoms with E-state index in [4.69, 9.17) is 16.3 Å². The van der Waals surface area contributed by atoms with E-state index in [9.17, 15) is 9.59 Å². The SMILES string of the molecule is CCc1n[nH]c(=O)c(C(=O)NC[C@H](C)Oc2ccc(Cl)cc2)c1CC. The second-order valence-electron chi connectivity index (χ2n) is 5.65. The fourth-order valence-corrected chi connectivity index (χ4v) is 2.67. The van der Waals surface area contributed by atoms with Crippen LogP contribution in [0.2, 0.25) is 5.02 Å². The van der Waals surface area contributed by atoms with Gasteiger partial charge in [0.1, 0.15) is 17.4 Å². The maximum absolute atomic E-state index is 12.5. The molecule has 0 radical (unpaired) electrons. The minimum Gasteiger partial charge on any atom is -0.489 e. The number of H-pyrrole nitrogens is 1. The number of aryl methyl sites for hydroxylation is 1. The van der Waals surface area contributed by atoms with Crippen molar-refractivity contribution in [1.29, 1.82) is 0 Å². The lowest BCUT2D eigenvalue weighted by atomic mass is 10.0. The molecule has 0 fully saturated rings. The third kappa shape index (κ3) is 4.82. The summed E-state index contributed by atoms with van der Waals surface area (Å²) in [4.78, 5) is 24.5. The topological polar surface area (TPSA) is 84.1 Å². The first-order valence-corrected chi connectivity index (χ1v) is 8.64. The van der Waals surface area contributed by atoms with Gasteiger partial charge in [-0.15, -0.1) is 0 Å². The Kier molecular flexibility index (Phi) is 6.58. The molecule has 2 rings (SSSR count). The summed E-state index contributed by atoms with van der Waals surface area (Å²) in [6.07, 6.45) is 0.956. The van der Waals surface area contributed by atoms with Gasteiger partial charge in [0.25, 0.3) is 11.5 Å². The zero-order valence-corrected chi connectivity index (χ0v) is 15.3. The van der Waals surface area contributed by atoms with Crippen LogP contribution < -0.4 is 15.6 Å². The molecule has 1 heterocycles. The van der Waals surface area contributed by atoms with Crippen molar-refractivity contribution in [2.24, 2.45) is 0 Å². The minimum absolute atomic E-state index is 0.132. The molecule has 2 N–H and O–H groups in total. The number of ether oxygens (including phenoxy) is 1. The lowest BCUT2D eigenvalue weighted by molar-refractivity contribution is 0.0929. The van der Waals surface area contributed by atoms with Gasteiger partial charge in [-0.1, -0.05) is 25.4 Å². The molecule has 0 unspecified atom stereocenters. The smallest absolute Gasteiger partial charge is 0.277 e. The Balaban J connectivity index is 2.05. The number of carbonyl (C=O) groups is 1. The predicted octanol–water partition coefficient (Wildman–Crippen LogP) is 2.75. The number of aromatic nitrogens is 2. The fraction of sp³-hybridized carbons (Fsp3) is 0.389. The number of carbonyl (C=O) groups excluding carboxylic acids is 1. The fourth-order valence-electron chi connectivity index (χ4n) is 2.55. The molecular formula is C18H22ClN3O3. The Bertz CT molecular complexity index is 787. The molecule has 134 valence electrons. The van der Waals surface area contributed by atoms with Crippen molar-refractivity contribution in [3.05, 3.63) is 56.5 Å². The van der Waals surface area contributed by atoms with E-state index < -0.39 is 11.5 Å². The average molecular weight is 364 g/mol. The zero-order chi connectivity index (χ0) is 18.4. The standard InChI is InChI=1S/C18H22ClN3O3/c1-4-14-15(5-2)21-22-18(24)16(14)17(23)20-10-11(3)25-13-8-6-12(19)7-9-13/h6-9,11H,4-5,10H2,1-3H3,(H,20,23)(H,22,24)/t11-/m0/s1. The van der Waals surface area contributed by atoms with Gasteiger partial charge in [0.05, 0.1) is 12.2 Å². The summed E-state index contributed by atoms with van der Waals surface area (Å²) in [6, 6.07) is 6.99. The van der Waals surface area contributed by atoms with Gasteiger partial charge in [-0.25, -0.2) is 5.10 Å². The van der Waals surface area contributed by atoms with Gasteiger partial charge in [-0.05, 0) is 49.6 Å². The predicted molar refractivity (Wildman–Crippen MR) is 97.5 cm³/mol. The number of halogens is 1. The van der Waals surface area contributed by atoms with Crippen LogP contribution >= 0.6 is 11.6 Å². The highest BCUT2D eigenvalue weighted by atomic mass is 35.5. The number of rotatable bonds is 7. The monoisotopic (exact) mass is 363 g/mol. The van der Waals surface area contributed by atoms with Crippen LogP contribution in [-0.2, 0) is 12.8 Å². The van der Waals surface area contributed by atoms with Crippen molar-refractivity contribution in [2.75, 3.05) is 6.54 Å². The average Bonchev–Trinajstić information content (AvgIpc) is 2.61. The molecule has 0 saturated carbocycles. The molecule has 2 aromatic rings. The summed E-state index contributed by atoms with van der Waals surface area (Å²) in [5, 5.41) is 9.80. The lowest BCUT2D eigenvalue weighted by Gasteiger charge is -2.16. The van der Waals surface area contributed by atoms with Gasteiger partial charge in [0, 0.05) is 5.02 Å². The van der Waals surface area contributed by atoms with Crippen molar-refractivity contribution in [2.45, 2.75) is 39.7 Å². The highest BCUT2D eigenvalue weighted by Gasteiger charge is 2.19. The summed E-state index contributed by atoms with van der Waals surface area (Å²) >= 11 is 5.84. The van der Waals surface area contributed by atoms with E-state index in [0.29, 0.717) is 29.2 Å². The van der Waals surface area contributed by atoms with Gasteiger partial charge in [-0.3, -0.25) is 9.59 Å². The number of nitrogens with one attached hydrogen (secondary N) is 2. The molecule has 1 amide bonds. The number of hydrogen-bond donors (Lipinski definition) is 2. The first kappa shape index (κ1) is 19.0. The molecule has 7 heteroatoms. The molecular weight excluding hydrogens is 342 g/mol. The minimum atomic E-state index is -0.474. The van der Waals surface area contributed by atoms with Crippen molar-refractivity contribution < 1.29 is 9.53 Å². The zero-order valence-electron chi connectivity index (χ0n) is 14.6. The number of amides is 1. The second kappa shape index (κ2) is 8.67. The maximum atomic E-state index is 12.5. The van der Waals surface area contributed by atoms with Gasteiger partial charge in [0.15, 0.2) is 0 Å². The van der Waals surface area contributed by atoms with Crippen LogP contribution in [0, 0.1) is 0 Å². The molecule has 0 aliphatic heterocycles. The first-order chi connectivity index (χ1) is 12.0. The van der Waals surface area contributed by atoms with Gasteiger partial charge in [0.2, 0.25) is 0 Å². The molecule has 0 bridgehead atoms. The molecule has 1 aromatic carbocycles. The van der Waals surface area contributed by atoms with E-state index in [2.05, 4.69) is 15.5 Å². The van der Waals surface area contributed by atoms with Crippen LogP contribution in [0.5, 0.6) is 5.75 Å². The number of nitrogens with zero attached hydrogens (tertiary/aromatic N) is 1. The van der Waals surface area contributed by atoms with Crippen LogP contribution in [0.4, 0.5) is 0 Å². The third-order valence-electron chi connectivity index (χ3n) is 3.79. The van der Waals surface area contributed by atoms with Gasteiger partial charge >= 0.3 is 0 Å². The summed E-state index contributed by atoms with van der Waals surface area (Å²) in [5.41, 5.74) is 1.08. The van der Waals surface area contributed by atoms with Crippen LogP contribution in [0.3, 0.4) is 0 Å². The van der Waals surface area contributed by atoms with E-state index in [1.807, 2.05) is 20.8 Å². The quantitative estimate of drug-likeness (QED) is 0.792. The van der Waals surface area contributed by atoms with Crippen LogP contribution in [0.25, 0.3) is 0 Å². The van der Waals surface area contributed by atoms with E-state index in [0.717, 1.165) is 5.69 Å². The molecule has 0 aliphatic carbocycles. The Morgan fingerprint density at radius 2 is 1.96 bits per heavy atom. The Labute approximate surface area is 151 Å². The third-order valence-corrected chi connectivity index (χ3v) is 4.04.